The number of esters is 2. The number of carbonyl (C=O) groups is 5. The van der Waals surface area contributed by atoms with E-state index < -0.39 is 47.0 Å². The van der Waals surface area contributed by atoms with E-state index in [2.05, 4.69) is 10.6 Å². The maximum atomic E-state index is 14.1. The number of amides is 3. The minimum atomic E-state index is -1.92. The van der Waals surface area contributed by atoms with Crippen LogP contribution in [0.1, 0.15) is 36.6 Å². The summed E-state index contributed by atoms with van der Waals surface area (Å²) in [6.45, 7) is 2.62. The van der Waals surface area contributed by atoms with Crippen molar-refractivity contribution >= 4 is 41.6 Å². The Balaban J connectivity index is 1.49. The van der Waals surface area contributed by atoms with Crippen LogP contribution in [-0.2, 0) is 39.8 Å². The first-order valence-electron chi connectivity index (χ1n) is 14.6. The molecular formula is C34H33N3O8S. The zero-order chi connectivity index (χ0) is 32.7. The molecule has 0 saturated carbocycles. The summed E-state index contributed by atoms with van der Waals surface area (Å²) in [6.07, 6.45) is -1.80. The number of hydrogen-bond donors (Lipinski definition) is 2. The first kappa shape index (κ1) is 32.3. The van der Waals surface area contributed by atoms with Crippen LogP contribution >= 0.6 is 11.8 Å². The molecule has 11 nitrogen and oxygen atoms in total. The van der Waals surface area contributed by atoms with Crippen LogP contribution in [0.4, 0.5) is 4.79 Å². The third-order valence-electron chi connectivity index (χ3n) is 7.34. The Hall–Kier alpha value is -5.10. The molecule has 46 heavy (non-hydrogen) atoms. The highest BCUT2D eigenvalue weighted by Gasteiger charge is 2.67. The molecule has 238 valence electrons. The summed E-state index contributed by atoms with van der Waals surface area (Å²) in [4.78, 5) is 67.1. The average Bonchev–Trinajstić information content (AvgIpc) is 3.06. The maximum Gasteiger partial charge on any atom is 0.409 e. The number of alkyl carbamates (subject to hydrolysis) is 1. The molecule has 3 aromatic carbocycles. The summed E-state index contributed by atoms with van der Waals surface area (Å²) in [5.74, 6) is -2.57. The molecular weight excluding hydrogens is 610 g/mol. The van der Waals surface area contributed by atoms with Gasteiger partial charge in [-0.3, -0.25) is 24.6 Å². The van der Waals surface area contributed by atoms with Gasteiger partial charge in [-0.1, -0.05) is 91.0 Å². The highest BCUT2D eigenvalue weighted by Crippen LogP contribution is 2.46. The van der Waals surface area contributed by atoms with E-state index in [1.165, 1.54) is 23.6 Å². The normalized spacial score (nSPS) is 18.6. The van der Waals surface area contributed by atoms with Crippen LogP contribution in [0.3, 0.4) is 0 Å². The van der Waals surface area contributed by atoms with Gasteiger partial charge in [0.15, 0.2) is 6.10 Å². The van der Waals surface area contributed by atoms with Crippen molar-refractivity contribution in [2.75, 3.05) is 19.0 Å². The molecule has 2 aliphatic rings. The first-order valence-corrected chi connectivity index (χ1v) is 15.7. The van der Waals surface area contributed by atoms with Crippen molar-refractivity contribution in [3.63, 3.8) is 0 Å². The lowest BCUT2D eigenvalue weighted by atomic mass is 9.94. The number of fused-ring (bicyclic) bond motifs is 1. The number of nitrogens with zero attached hydrogens (tertiary/aromatic N) is 1. The topological polar surface area (TPSA) is 140 Å². The van der Waals surface area contributed by atoms with Crippen LogP contribution < -0.4 is 10.6 Å². The molecule has 0 spiro atoms. The summed E-state index contributed by atoms with van der Waals surface area (Å²) >= 11 is 1.19. The summed E-state index contributed by atoms with van der Waals surface area (Å²) in [6, 6.07) is 27.2. The fourth-order valence-corrected chi connectivity index (χ4v) is 6.69. The van der Waals surface area contributed by atoms with Gasteiger partial charge in [-0.15, -0.1) is 11.8 Å². The van der Waals surface area contributed by atoms with Crippen molar-refractivity contribution in [3.8, 4) is 0 Å². The minimum Gasteiger partial charge on any atom is -0.461 e. The first-order chi connectivity index (χ1) is 22.2. The fourth-order valence-electron chi connectivity index (χ4n) is 5.29. The second-order valence-electron chi connectivity index (χ2n) is 10.5. The molecule has 2 atom stereocenters. The number of β-lactam (4-membered cyclic amide) rings is 1. The number of nitrogens with one attached hydrogen (secondary N) is 2. The number of ether oxygens (including phenoxy) is 3. The van der Waals surface area contributed by atoms with E-state index in [1.54, 1.807) is 31.2 Å². The van der Waals surface area contributed by atoms with Gasteiger partial charge in [-0.2, -0.15) is 0 Å². The molecule has 2 aliphatic heterocycles. The molecule has 3 amide bonds. The van der Waals surface area contributed by atoms with E-state index in [0.29, 0.717) is 22.3 Å². The van der Waals surface area contributed by atoms with E-state index >= 15 is 0 Å². The van der Waals surface area contributed by atoms with E-state index in [0.717, 1.165) is 0 Å². The van der Waals surface area contributed by atoms with Crippen molar-refractivity contribution in [1.29, 1.82) is 0 Å². The monoisotopic (exact) mass is 643 g/mol. The van der Waals surface area contributed by atoms with E-state index in [9.17, 15) is 24.0 Å². The zero-order valence-electron chi connectivity index (χ0n) is 25.3. The average molecular weight is 644 g/mol. The molecule has 2 N–H and O–H groups in total. The van der Waals surface area contributed by atoms with E-state index in [1.807, 2.05) is 66.7 Å². The Morgan fingerprint density at radius 3 is 2.04 bits per heavy atom. The quantitative estimate of drug-likeness (QED) is 0.138. The third-order valence-corrected chi connectivity index (χ3v) is 8.74. The van der Waals surface area contributed by atoms with Crippen molar-refractivity contribution in [1.82, 2.24) is 15.5 Å². The lowest BCUT2D eigenvalue weighted by Crippen LogP contribution is -2.86. The Kier molecular flexibility index (Phi) is 10.1. The summed E-state index contributed by atoms with van der Waals surface area (Å²) in [7, 11) is 0. The highest BCUT2D eigenvalue weighted by molar-refractivity contribution is 8.00. The molecule has 3 aromatic rings. The van der Waals surface area contributed by atoms with Crippen LogP contribution in [0.2, 0.25) is 0 Å². The molecule has 0 bridgehead atoms. The van der Waals surface area contributed by atoms with Gasteiger partial charge in [0.25, 0.3) is 5.91 Å². The van der Waals surface area contributed by atoms with Crippen LogP contribution in [0.15, 0.2) is 102 Å². The van der Waals surface area contributed by atoms with Gasteiger partial charge in [0, 0.05) is 18.2 Å². The Morgan fingerprint density at radius 2 is 1.48 bits per heavy atom. The summed E-state index contributed by atoms with van der Waals surface area (Å²) in [5, 5.41) is 4.31. The van der Waals surface area contributed by atoms with E-state index in [4.69, 9.17) is 14.2 Å². The largest absolute Gasteiger partial charge is 0.461 e. The predicted molar refractivity (Wildman–Crippen MR) is 169 cm³/mol. The van der Waals surface area contributed by atoms with Crippen LogP contribution in [0.5, 0.6) is 0 Å². The zero-order valence-corrected chi connectivity index (χ0v) is 26.1. The summed E-state index contributed by atoms with van der Waals surface area (Å²) in [5.41, 5.74) is 0.409. The number of rotatable bonds is 11. The van der Waals surface area contributed by atoms with Gasteiger partial charge < -0.3 is 19.5 Å². The van der Waals surface area contributed by atoms with Crippen LogP contribution in [0.25, 0.3) is 0 Å². The molecule has 0 aliphatic carbocycles. The Bertz CT molecular complexity index is 1590. The number of hydrogen-bond acceptors (Lipinski definition) is 9. The number of thioether (sulfide) groups is 1. The molecule has 1 saturated heterocycles. The molecule has 2 heterocycles. The molecule has 0 aromatic heterocycles. The second-order valence-corrected chi connectivity index (χ2v) is 11.6. The van der Waals surface area contributed by atoms with Crippen molar-refractivity contribution in [2.45, 2.75) is 37.4 Å². The molecule has 0 unspecified atom stereocenters. The minimum absolute atomic E-state index is 0.0277. The lowest BCUT2D eigenvalue weighted by molar-refractivity contribution is -0.163. The Labute approximate surface area is 270 Å². The maximum absolute atomic E-state index is 14.1. The predicted octanol–water partition coefficient (Wildman–Crippen LogP) is 3.85. The SMILES string of the molecule is CCOC(=O)N[C@@]1(NC(=O)Cc2ccccc2)C(=O)N2C(C(=O)OC(c3ccccc3)c3ccccc3)=C(COC(C)=O)CS[C@@H]21. The third kappa shape index (κ3) is 6.91. The fraction of sp³-hybridized carbons (Fsp3) is 0.265. The standard InChI is InChI=1S/C34H33N3O8S/c1-3-43-33(42)36-34(35-27(39)19-23-13-7-4-8-14-23)31(41)37-28(26(20-44-22(2)38)21-46-32(34)37)30(40)45-29(24-15-9-5-10-16-24)25-17-11-6-12-18-25/h4-18,29,32H,3,19-21H2,1-2H3,(H,35,39)(H,36,42)/t32-,34+/m1/s1. The second kappa shape index (κ2) is 14.3. The van der Waals surface area contributed by atoms with Gasteiger partial charge in [-0.25, -0.2) is 9.59 Å². The van der Waals surface area contributed by atoms with Crippen molar-refractivity contribution < 1.29 is 38.2 Å². The van der Waals surface area contributed by atoms with Crippen LogP contribution in [0, 0.1) is 0 Å². The molecule has 1 fully saturated rings. The van der Waals surface area contributed by atoms with Gasteiger partial charge >= 0.3 is 18.0 Å². The van der Waals surface area contributed by atoms with Crippen molar-refractivity contribution in [3.05, 3.63) is 119 Å². The molecule has 12 heteroatoms. The highest BCUT2D eigenvalue weighted by atomic mass is 32.2. The van der Waals surface area contributed by atoms with E-state index in [-0.39, 0.29) is 31.1 Å². The smallest absolute Gasteiger partial charge is 0.409 e. The van der Waals surface area contributed by atoms with Crippen molar-refractivity contribution in [2.24, 2.45) is 0 Å². The lowest BCUT2D eigenvalue weighted by Gasteiger charge is -2.56. The number of carbonyl (C=O) groups excluding carboxylic acids is 5. The number of benzene rings is 3. The van der Waals surface area contributed by atoms with Gasteiger partial charge in [0.2, 0.25) is 11.6 Å². The summed E-state index contributed by atoms with van der Waals surface area (Å²) < 4.78 is 16.4. The van der Waals surface area contributed by atoms with Gasteiger partial charge in [-0.05, 0) is 23.6 Å². The molecule has 0 radical (unpaired) electrons. The Morgan fingerprint density at radius 1 is 0.891 bits per heavy atom. The van der Waals surface area contributed by atoms with Gasteiger partial charge in [0.05, 0.1) is 13.0 Å². The van der Waals surface area contributed by atoms with Crippen LogP contribution in [-0.4, -0.2) is 64.7 Å². The molecule has 5 rings (SSSR count). The van der Waals surface area contributed by atoms with Gasteiger partial charge in [0.1, 0.15) is 17.7 Å².